The highest BCUT2D eigenvalue weighted by Crippen LogP contribution is 2.21. The van der Waals surface area contributed by atoms with Crippen molar-refractivity contribution in [3.8, 4) is 5.88 Å². The SMILES string of the molecule is Cc1n[nH]c(C)c1C(=O)N1CC[C@@H](Oc2cncc(N(C)C)n2)C1. The van der Waals surface area contributed by atoms with Gasteiger partial charge in [0.15, 0.2) is 5.82 Å². The number of hydrogen-bond donors (Lipinski definition) is 1. The highest BCUT2D eigenvalue weighted by Gasteiger charge is 2.30. The molecule has 1 amide bonds. The summed E-state index contributed by atoms with van der Waals surface area (Å²) in [4.78, 5) is 24.9. The van der Waals surface area contributed by atoms with Gasteiger partial charge in [0.2, 0.25) is 5.88 Å². The summed E-state index contributed by atoms with van der Waals surface area (Å²) in [7, 11) is 3.80. The van der Waals surface area contributed by atoms with Crippen LogP contribution in [0.1, 0.15) is 28.2 Å². The number of H-pyrrole nitrogens is 1. The number of anilines is 1. The Labute approximate surface area is 140 Å². The molecule has 0 radical (unpaired) electrons. The highest BCUT2D eigenvalue weighted by atomic mass is 16.5. The first kappa shape index (κ1) is 16.2. The van der Waals surface area contributed by atoms with E-state index in [0.717, 1.165) is 23.6 Å². The van der Waals surface area contributed by atoms with Crippen LogP contribution in [-0.4, -0.2) is 64.3 Å². The predicted molar refractivity (Wildman–Crippen MR) is 89.4 cm³/mol. The number of aromatic amines is 1. The van der Waals surface area contributed by atoms with Crippen LogP contribution in [0.2, 0.25) is 0 Å². The van der Waals surface area contributed by atoms with Crippen molar-refractivity contribution in [2.45, 2.75) is 26.4 Å². The average Bonchev–Trinajstić information content (AvgIpc) is 3.14. The summed E-state index contributed by atoms with van der Waals surface area (Å²) >= 11 is 0. The monoisotopic (exact) mass is 330 g/mol. The number of nitrogens with one attached hydrogen (secondary N) is 1. The minimum atomic E-state index is -0.0758. The van der Waals surface area contributed by atoms with E-state index in [2.05, 4.69) is 20.2 Å². The maximum Gasteiger partial charge on any atom is 0.257 e. The third kappa shape index (κ3) is 3.17. The quantitative estimate of drug-likeness (QED) is 0.906. The number of carbonyl (C=O) groups excluding carboxylic acids is 1. The Morgan fingerprint density at radius 1 is 1.38 bits per heavy atom. The lowest BCUT2D eigenvalue weighted by molar-refractivity contribution is 0.0769. The number of likely N-dealkylation sites (tertiary alicyclic amines) is 1. The lowest BCUT2D eigenvalue weighted by Gasteiger charge is -2.18. The van der Waals surface area contributed by atoms with E-state index < -0.39 is 0 Å². The van der Waals surface area contributed by atoms with E-state index in [0.29, 0.717) is 24.5 Å². The second-order valence-corrected chi connectivity index (χ2v) is 6.20. The summed E-state index contributed by atoms with van der Waals surface area (Å²) in [6.45, 7) is 4.90. The van der Waals surface area contributed by atoms with Crippen molar-refractivity contribution >= 4 is 11.7 Å². The number of hydrogen-bond acceptors (Lipinski definition) is 6. The molecule has 0 unspecified atom stereocenters. The van der Waals surface area contributed by atoms with Gasteiger partial charge in [0.05, 0.1) is 30.2 Å². The van der Waals surface area contributed by atoms with Gasteiger partial charge in [0.25, 0.3) is 5.91 Å². The molecule has 8 heteroatoms. The van der Waals surface area contributed by atoms with E-state index in [-0.39, 0.29) is 12.0 Å². The van der Waals surface area contributed by atoms with Crippen LogP contribution in [0.3, 0.4) is 0 Å². The predicted octanol–water partition coefficient (Wildman–Crippen LogP) is 1.18. The van der Waals surface area contributed by atoms with Gasteiger partial charge in [-0.15, -0.1) is 0 Å². The van der Waals surface area contributed by atoms with E-state index in [4.69, 9.17) is 4.74 Å². The summed E-state index contributed by atoms with van der Waals surface area (Å²) in [5.74, 6) is 1.22. The fourth-order valence-electron chi connectivity index (χ4n) is 2.81. The van der Waals surface area contributed by atoms with Gasteiger partial charge >= 0.3 is 0 Å². The molecule has 1 N–H and O–H groups in total. The number of nitrogens with zero attached hydrogens (tertiary/aromatic N) is 5. The molecule has 0 saturated carbocycles. The van der Waals surface area contributed by atoms with Gasteiger partial charge in [0, 0.05) is 32.8 Å². The standard InChI is InChI=1S/C16H22N6O2/c1-10-15(11(2)20-19-10)16(23)22-6-5-12(9-22)24-14-8-17-7-13(18-14)21(3)4/h7-8,12H,5-6,9H2,1-4H3,(H,19,20)/t12-/m1/s1. The molecule has 1 atom stereocenters. The van der Waals surface area contributed by atoms with E-state index >= 15 is 0 Å². The molecule has 128 valence electrons. The zero-order valence-electron chi connectivity index (χ0n) is 14.4. The molecule has 2 aromatic rings. The van der Waals surface area contributed by atoms with Crippen molar-refractivity contribution in [2.24, 2.45) is 0 Å². The summed E-state index contributed by atoms with van der Waals surface area (Å²) in [5.41, 5.74) is 2.18. The van der Waals surface area contributed by atoms with E-state index in [1.54, 1.807) is 17.3 Å². The first-order chi connectivity index (χ1) is 11.5. The number of ether oxygens (including phenoxy) is 1. The van der Waals surface area contributed by atoms with Gasteiger partial charge < -0.3 is 14.5 Å². The number of aryl methyl sites for hydroxylation is 2. The van der Waals surface area contributed by atoms with Crippen LogP contribution >= 0.6 is 0 Å². The number of carbonyl (C=O) groups is 1. The lowest BCUT2D eigenvalue weighted by Crippen LogP contribution is -2.31. The fraction of sp³-hybridized carbons (Fsp3) is 0.500. The van der Waals surface area contributed by atoms with Crippen molar-refractivity contribution in [3.63, 3.8) is 0 Å². The molecule has 3 heterocycles. The van der Waals surface area contributed by atoms with E-state index in [1.807, 2.05) is 32.8 Å². The maximum atomic E-state index is 12.7. The molecule has 1 fully saturated rings. The van der Waals surface area contributed by atoms with Gasteiger partial charge in [-0.25, -0.2) is 0 Å². The third-order valence-corrected chi connectivity index (χ3v) is 4.12. The molecule has 24 heavy (non-hydrogen) atoms. The van der Waals surface area contributed by atoms with E-state index in [9.17, 15) is 4.79 Å². The van der Waals surface area contributed by atoms with Crippen LogP contribution in [0.25, 0.3) is 0 Å². The molecule has 8 nitrogen and oxygen atoms in total. The van der Waals surface area contributed by atoms with Gasteiger partial charge in [-0.05, 0) is 13.8 Å². The minimum Gasteiger partial charge on any atom is -0.471 e. The molecule has 0 bridgehead atoms. The summed E-state index contributed by atoms with van der Waals surface area (Å²) in [5, 5.41) is 6.95. The van der Waals surface area contributed by atoms with Gasteiger partial charge in [-0.1, -0.05) is 0 Å². The third-order valence-electron chi connectivity index (χ3n) is 4.12. The molecule has 3 rings (SSSR count). The Morgan fingerprint density at radius 3 is 2.83 bits per heavy atom. The van der Waals surface area contributed by atoms with E-state index in [1.165, 1.54) is 0 Å². The molecule has 0 aromatic carbocycles. The van der Waals surface area contributed by atoms with Crippen molar-refractivity contribution in [1.29, 1.82) is 0 Å². The summed E-state index contributed by atoms with van der Waals surface area (Å²) in [6.07, 6.45) is 3.98. The number of aromatic nitrogens is 4. The number of amides is 1. The van der Waals surface area contributed by atoms with Crippen molar-refractivity contribution in [3.05, 3.63) is 29.3 Å². The molecule has 0 spiro atoms. The zero-order valence-corrected chi connectivity index (χ0v) is 14.4. The first-order valence-corrected chi connectivity index (χ1v) is 7.92. The molecular formula is C16H22N6O2. The average molecular weight is 330 g/mol. The second-order valence-electron chi connectivity index (χ2n) is 6.20. The molecule has 0 aliphatic carbocycles. The number of rotatable bonds is 4. The molecular weight excluding hydrogens is 308 g/mol. The van der Waals surface area contributed by atoms with Gasteiger partial charge in [-0.3, -0.25) is 14.9 Å². The molecule has 2 aromatic heterocycles. The molecule has 1 aliphatic heterocycles. The van der Waals surface area contributed by atoms with Crippen molar-refractivity contribution in [1.82, 2.24) is 25.1 Å². The fourth-order valence-corrected chi connectivity index (χ4v) is 2.81. The Kier molecular flexibility index (Phi) is 4.37. The van der Waals surface area contributed by atoms with Gasteiger partial charge in [-0.2, -0.15) is 10.1 Å². The van der Waals surface area contributed by atoms with Crippen LogP contribution < -0.4 is 9.64 Å². The molecule has 1 saturated heterocycles. The summed E-state index contributed by atoms with van der Waals surface area (Å²) < 4.78 is 5.91. The van der Waals surface area contributed by atoms with Crippen LogP contribution in [0.5, 0.6) is 5.88 Å². The first-order valence-electron chi connectivity index (χ1n) is 7.92. The van der Waals surface area contributed by atoms with Crippen molar-refractivity contribution in [2.75, 3.05) is 32.1 Å². The van der Waals surface area contributed by atoms with Crippen LogP contribution in [-0.2, 0) is 0 Å². The largest absolute Gasteiger partial charge is 0.471 e. The Bertz CT molecular complexity index is 722. The smallest absolute Gasteiger partial charge is 0.257 e. The topological polar surface area (TPSA) is 87.2 Å². The highest BCUT2D eigenvalue weighted by molar-refractivity contribution is 5.96. The minimum absolute atomic E-state index is 0.00187. The Morgan fingerprint density at radius 2 is 2.17 bits per heavy atom. The Balaban J connectivity index is 1.65. The maximum absolute atomic E-state index is 12.7. The lowest BCUT2D eigenvalue weighted by atomic mass is 10.2. The zero-order chi connectivity index (χ0) is 17.3. The van der Waals surface area contributed by atoms with Crippen LogP contribution in [0.4, 0.5) is 5.82 Å². The Hall–Kier alpha value is -2.64. The van der Waals surface area contributed by atoms with Gasteiger partial charge in [0.1, 0.15) is 6.10 Å². The normalized spacial score (nSPS) is 17.2. The van der Waals surface area contributed by atoms with Crippen molar-refractivity contribution < 1.29 is 9.53 Å². The van der Waals surface area contributed by atoms with Crippen LogP contribution in [0, 0.1) is 13.8 Å². The molecule has 1 aliphatic rings. The van der Waals surface area contributed by atoms with Crippen LogP contribution in [0.15, 0.2) is 12.4 Å². The second kappa shape index (κ2) is 6.46. The summed E-state index contributed by atoms with van der Waals surface area (Å²) in [6, 6.07) is 0.